The fourth-order valence-corrected chi connectivity index (χ4v) is 1.19. The van der Waals surface area contributed by atoms with Gasteiger partial charge in [-0.05, 0) is 12.5 Å². The summed E-state index contributed by atoms with van der Waals surface area (Å²) in [6, 6.07) is 7.53. The molecule has 0 spiro atoms. The molecule has 0 aromatic heterocycles. The SMILES string of the molecule is CC(=O)OC(=O)Cc1cccc(C)c1. The molecule has 0 aliphatic carbocycles. The number of hydrogen-bond donors (Lipinski definition) is 0. The smallest absolute Gasteiger partial charge is 0.317 e. The summed E-state index contributed by atoms with van der Waals surface area (Å²) in [6.07, 6.45) is 0.140. The maximum absolute atomic E-state index is 11.1. The number of carbonyl (C=O) groups excluding carboxylic acids is 2. The van der Waals surface area contributed by atoms with E-state index in [1.165, 1.54) is 6.92 Å². The molecule has 0 aliphatic rings. The molecule has 1 rings (SSSR count). The molecule has 0 N–H and O–H groups in total. The molecule has 3 nitrogen and oxygen atoms in total. The number of benzene rings is 1. The van der Waals surface area contributed by atoms with E-state index in [0.717, 1.165) is 11.1 Å². The van der Waals surface area contributed by atoms with Gasteiger partial charge in [0.15, 0.2) is 0 Å². The first kappa shape index (κ1) is 10.4. The van der Waals surface area contributed by atoms with Crippen LogP contribution in [-0.4, -0.2) is 11.9 Å². The van der Waals surface area contributed by atoms with Crippen molar-refractivity contribution in [1.82, 2.24) is 0 Å². The van der Waals surface area contributed by atoms with Crippen molar-refractivity contribution >= 4 is 11.9 Å². The lowest BCUT2D eigenvalue weighted by Gasteiger charge is -2.01. The molecule has 0 atom stereocenters. The molecule has 3 heteroatoms. The Bertz CT molecular complexity index is 355. The first-order chi connectivity index (χ1) is 6.58. The van der Waals surface area contributed by atoms with Gasteiger partial charge in [-0.2, -0.15) is 0 Å². The van der Waals surface area contributed by atoms with Crippen LogP contribution in [0.3, 0.4) is 0 Å². The number of hydrogen-bond acceptors (Lipinski definition) is 3. The van der Waals surface area contributed by atoms with Gasteiger partial charge in [0.2, 0.25) is 0 Å². The van der Waals surface area contributed by atoms with Crippen LogP contribution in [0.25, 0.3) is 0 Å². The van der Waals surface area contributed by atoms with Gasteiger partial charge in [0.25, 0.3) is 0 Å². The van der Waals surface area contributed by atoms with Crippen molar-refractivity contribution in [1.29, 1.82) is 0 Å². The second-order valence-corrected chi connectivity index (χ2v) is 3.13. The number of esters is 2. The number of carbonyl (C=O) groups is 2. The van der Waals surface area contributed by atoms with Gasteiger partial charge in [0.1, 0.15) is 0 Å². The average Bonchev–Trinajstić information content (AvgIpc) is 2.01. The van der Waals surface area contributed by atoms with Crippen LogP contribution < -0.4 is 0 Å². The maximum Gasteiger partial charge on any atom is 0.317 e. The molecule has 0 saturated carbocycles. The van der Waals surface area contributed by atoms with E-state index >= 15 is 0 Å². The van der Waals surface area contributed by atoms with E-state index in [0.29, 0.717) is 0 Å². The molecule has 0 bridgehead atoms. The molecule has 0 unspecified atom stereocenters. The molecule has 0 fully saturated rings. The van der Waals surface area contributed by atoms with Gasteiger partial charge in [-0.1, -0.05) is 29.8 Å². The van der Waals surface area contributed by atoms with E-state index in [1.54, 1.807) is 0 Å². The standard InChI is InChI=1S/C11H12O3/c1-8-4-3-5-10(6-8)7-11(13)14-9(2)12/h3-6H,7H2,1-2H3. The van der Waals surface area contributed by atoms with Crippen molar-refractivity contribution in [2.75, 3.05) is 0 Å². The zero-order valence-corrected chi connectivity index (χ0v) is 8.24. The molecule has 1 aromatic carbocycles. The van der Waals surface area contributed by atoms with E-state index in [9.17, 15) is 9.59 Å². The molecule has 74 valence electrons. The van der Waals surface area contributed by atoms with Gasteiger partial charge in [0, 0.05) is 6.92 Å². The normalized spacial score (nSPS) is 9.57. The van der Waals surface area contributed by atoms with Crippen molar-refractivity contribution in [2.24, 2.45) is 0 Å². The molecule has 14 heavy (non-hydrogen) atoms. The first-order valence-corrected chi connectivity index (χ1v) is 4.34. The largest absolute Gasteiger partial charge is 0.393 e. The molecular weight excluding hydrogens is 180 g/mol. The molecule has 0 heterocycles. The predicted molar refractivity (Wildman–Crippen MR) is 51.7 cm³/mol. The fraction of sp³-hybridized carbons (Fsp3) is 0.273. The maximum atomic E-state index is 11.1. The van der Waals surface area contributed by atoms with Crippen LogP contribution >= 0.6 is 0 Å². The van der Waals surface area contributed by atoms with E-state index in [-0.39, 0.29) is 6.42 Å². The van der Waals surface area contributed by atoms with Gasteiger partial charge in [-0.15, -0.1) is 0 Å². The Kier molecular flexibility index (Phi) is 3.40. The number of rotatable bonds is 2. The summed E-state index contributed by atoms with van der Waals surface area (Å²) in [5.41, 5.74) is 1.94. The topological polar surface area (TPSA) is 43.4 Å². The summed E-state index contributed by atoms with van der Waals surface area (Å²) in [6.45, 7) is 3.16. The highest BCUT2D eigenvalue weighted by atomic mass is 16.6. The zero-order valence-electron chi connectivity index (χ0n) is 8.24. The molecule has 0 amide bonds. The van der Waals surface area contributed by atoms with Crippen LogP contribution in [0.15, 0.2) is 24.3 Å². The summed E-state index contributed by atoms with van der Waals surface area (Å²) in [4.78, 5) is 21.6. The van der Waals surface area contributed by atoms with Crippen molar-refractivity contribution in [3.8, 4) is 0 Å². The van der Waals surface area contributed by atoms with Crippen LogP contribution in [0.2, 0.25) is 0 Å². The van der Waals surface area contributed by atoms with Gasteiger partial charge in [0.05, 0.1) is 6.42 Å². The Morgan fingerprint density at radius 1 is 1.36 bits per heavy atom. The lowest BCUT2D eigenvalue weighted by molar-refractivity contribution is -0.157. The Labute approximate surface area is 82.7 Å². The monoisotopic (exact) mass is 192 g/mol. The predicted octanol–water partition coefficient (Wildman–Crippen LogP) is 1.63. The Balaban J connectivity index is 2.60. The Hall–Kier alpha value is -1.64. The Morgan fingerprint density at radius 2 is 2.07 bits per heavy atom. The van der Waals surface area contributed by atoms with Crippen LogP contribution in [0, 0.1) is 6.92 Å². The Morgan fingerprint density at radius 3 is 2.64 bits per heavy atom. The van der Waals surface area contributed by atoms with Gasteiger partial charge in [-0.3, -0.25) is 9.59 Å². The lowest BCUT2D eigenvalue weighted by Crippen LogP contribution is -2.11. The molecule has 0 aliphatic heterocycles. The van der Waals surface area contributed by atoms with Crippen molar-refractivity contribution < 1.29 is 14.3 Å². The minimum absolute atomic E-state index is 0.140. The molecule has 0 saturated heterocycles. The van der Waals surface area contributed by atoms with E-state index in [4.69, 9.17) is 0 Å². The summed E-state index contributed by atoms with van der Waals surface area (Å²) in [7, 11) is 0. The van der Waals surface area contributed by atoms with Crippen LogP contribution in [-0.2, 0) is 20.7 Å². The molecule has 1 aromatic rings. The van der Waals surface area contributed by atoms with E-state index in [2.05, 4.69) is 4.74 Å². The third-order valence-corrected chi connectivity index (χ3v) is 1.69. The second-order valence-electron chi connectivity index (χ2n) is 3.13. The molecular formula is C11H12O3. The van der Waals surface area contributed by atoms with E-state index in [1.807, 2.05) is 31.2 Å². The number of aryl methyl sites for hydroxylation is 1. The summed E-state index contributed by atoms with van der Waals surface area (Å²) in [5, 5.41) is 0. The lowest BCUT2D eigenvalue weighted by atomic mass is 10.1. The number of ether oxygens (including phenoxy) is 1. The quantitative estimate of drug-likeness (QED) is 0.528. The van der Waals surface area contributed by atoms with Crippen LogP contribution in [0.5, 0.6) is 0 Å². The van der Waals surface area contributed by atoms with Crippen molar-refractivity contribution in [3.05, 3.63) is 35.4 Å². The highest BCUT2D eigenvalue weighted by Gasteiger charge is 2.06. The third kappa shape index (κ3) is 3.39. The highest BCUT2D eigenvalue weighted by molar-refractivity contribution is 5.85. The fourth-order valence-electron chi connectivity index (χ4n) is 1.19. The summed E-state index contributed by atoms with van der Waals surface area (Å²) >= 11 is 0. The second kappa shape index (κ2) is 4.56. The van der Waals surface area contributed by atoms with Crippen LogP contribution in [0.1, 0.15) is 18.1 Å². The van der Waals surface area contributed by atoms with Gasteiger partial charge < -0.3 is 4.74 Å². The van der Waals surface area contributed by atoms with Crippen molar-refractivity contribution in [2.45, 2.75) is 20.3 Å². The van der Waals surface area contributed by atoms with Crippen molar-refractivity contribution in [3.63, 3.8) is 0 Å². The summed E-state index contributed by atoms with van der Waals surface area (Å²) < 4.78 is 4.42. The minimum Gasteiger partial charge on any atom is -0.393 e. The highest BCUT2D eigenvalue weighted by Crippen LogP contribution is 2.05. The minimum atomic E-state index is -0.567. The van der Waals surface area contributed by atoms with Gasteiger partial charge in [-0.25, -0.2) is 0 Å². The summed E-state index contributed by atoms with van der Waals surface area (Å²) in [5.74, 6) is -1.08. The zero-order chi connectivity index (χ0) is 10.6. The van der Waals surface area contributed by atoms with Crippen LogP contribution in [0.4, 0.5) is 0 Å². The molecule has 0 radical (unpaired) electrons. The van der Waals surface area contributed by atoms with Gasteiger partial charge >= 0.3 is 11.9 Å². The third-order valence-electron chi connectivity index (χ3n) is 1.69. The average molecular weight is 192 g/mol. The first-order valence-electron chi connectivity index (χ1n) is 4.34. The van der Waals surface area contributed by atoms with E-state index < -0.39 is 11.9 Å².